The molecule has 0 heterocycles. The van der Waals surface area contributed by atoms with Crippen molar-refractivity contribution in [3.8, 4) is 34.5 Å². The zero-order valence-corrected chi connectivity index (χ0v) is 15.1. The number of rotatable bonds is 6. The summed E-state index contributed by atoms with van der Waals surface area (Å²) in [6, 6.07) is 14.0. The number of benzene rings is 3. The average molecular weight is 382 g/mol. The van der Waals surface area contributed by atoms with E-state index in [1.807, 2.05) is 0 Å². The molecule has 0 atom stereocenters. The van der Waals surface area contributed by atoms with Gasteiger partial charge in [0.05, 0.1) is 0 Å². The third kappa shape index (κ3) is 3.76. The SMILES string of the molecule is Oc1cccc(CCCC(c2cccc(O)c2O)c2cccc(O)c2O)c1O. The first kappa shape index (κ1) is 19.2. The van der Waals surface area contributed by atoms with Crippen LogP contribution < -0.4 is 0 Å². The molecule has 0 fully saturated rings. The predicted molar refractivity (Wildman–Crippen MR) is 104 cm³/mol. The summed E-state index contributed by atoms with van der Waals surface area (Å²) in [4.78, 5) is 0. The molecule has 0 aromatic heterocycles. The lowest BCUT2D eigenvalue weighted by atomic mass is 9.85. The standard InChI is InChI=1S/C22H22O6/c23-17-10-2-6-13(20(17)26)5-1-7-14(15-8-3-11-18(24)21(15)27)16-9-4-12-19(25)22(16)28/h2-4,6,8-12,14,23-28H,1,5,7H2. The van der Waals surface area contributed by atoms with Crippen LogP contribution in [0.1, 0.15) is 35.4 Å². The van der Waals surface area contributed by atoms with Crippen molar-refractivity contribution >= 4 is 0 Å². The van der Waals surface area contributed by atoms with E-state index in [0.29, 0.717) is 36.0 Å². The lowest BCUT2D eigenvalue weighted by molar-refractivity contribution is 0.387. The van der Waals surface area contributed by atoms with Gasteiger partial charge in [0.25, 0.3) is 0 Å². The largest absolute Gasteiger partial charge is 0.504 e. The zero-order chi connectivity index (χ0) is 20.3. The van der Waals surface area contributed by atoms with Crippen LogP contribution in [-0.2, 0) is 6.42 Å². The lowest BCUT2D eigenvalue weighted by Gasteiger charge is -2.21. The van der Waals surface area contributed by atoms with Gasteiger partial charge in [0, 0.05) is 17.0 Å². The number of phenols is 6. The zero-order valence-electron chi connectivity index (χ0n) is 15.1. The molecule has 28 heavy (non-hydrogen) atoms. The number of hydrogen-bond acceptors (Lipinski definition) is 6. The Balaban J connectivity index is 1.92. The molecule has 0 aliphatic rings. The van der Waals surface area contributed by atoms with Gasteiger partial charge < -0.3 is 30.6 Å². The van der Waals surface area contributed by atoms with Crippen LogP contribution >= 0.6 is 0 Å². The third-order valence-electron chi connectivity index (χ3n) is 4.88. The molecule has 0 saturated heterocycles. The van der Waals surface area contributed by atoms with Crippen LogP contribution in [0.2, 0.25) is 0 Å². The Hall–Kier alpha value is -3.54. The maximum atomic E-state index is 10.3. The summed E-state index contributed by atoms with van der Waals surface area (Å²) in [6.45, 7) is 0. The molecule has 3 aromatic rings. The number of aromatic hydroxyl groups is 6. The Bertz CT molecular complexity index is 931. The van der Waals surface area contributed by atoms with Gasteiger partial charge in [-0.2, -0.15) is 0 Å². The highest BCUT2D eigenvalue weighted by molar-refractivity contribution is 5.54. The Labute approximate surface area is 162 Å². The molecule has 3 rings (SSSR count). The van der Waals surface area contributed by atoms with E-state index >= 15 is 0 Å². The van der Waals surface area contributed by atoms with E-state index in [4.69, 9.17) is 0 Å². The topological polar surface area (TPSA) is 121 Å². The van der Waals surface area contributed by atoms with E-state index < -0.39 is 5.92 Å². The van der Waals surface area contributed by atoms with E-state index in [9.17, 15) is 30.6 Å². The smallest absolute Gasteiger partial charge is 0.161 e. The Morgan fingerprint density at radius 3 is 1.57 bits per heavy atom. The van der Waals surface area contributed by atoms with Gasteiger partial charge in [-0.25, -0.2) is 0 Å². The van der Waals surface area contributed by atoms with Gasteiger partial charge in [0.15, 0.2) is 34.5 Å². The maximum Gasteiger partial charge on any atom is 0.161 e. The van der Waals surface area contributed by atoms with Crippen LogP contribution in [0.15, 0.2) is 54.6 Å². The van der Waals surface area contributed by atoms with Crippen molar-refractivity contribution in [2.45, 2.75) is 25.2 Å². The molecule has 6 N–H and O–H groups in total. The van der Waals surface area contributed by atoms with Gasteiger partial charge in [-0.3, -0.25) is 0 Å². The Morgan fingerprint density at radius 2 is 1.04 bits per heavy atom. The van der Waals surface area contributed by atoms with Gasteiger partial charge in [-0.1, -0.05) is 36.4 Å². The van der Waals surface area contributed by atoms with Crippen LogP contribution in [0.4, 0.5) is 0 Å². The highest BCUT2D eigenvalue weighted by Gasteiger charge is 2.23. The summed E-state index contributed by atoms with van der Waals surface area (Å²) < 4.78 is 0. The van der Waals surface area contributed by atoms with Crippen molar-refractivity contribution in [2.24, 2.45) is 0 Å². The second-order valence-electron chi connectivity index (χ2n) is 6.66. The van der Waals surface area contributed by atoms with Crippen molar-refractivity contribution in [1.82, 2.24) is 0 Å². The van der Waals surface area contributed by atoms with E-state index in [1.54, 1.807) is 36.4 Å². The number of phenolic OH excluding ortho intramolecular Hbond substituents is 6. The highest BCUT2D eigenvalue weighted by Crippen LogP contribution is 2.44. The van der Waals surface area contributed by atoms with Gasteiger partial charge in [-0.15, -0.1) is 0 Å². The molecule has 6 nitrogen and oxygen atoms in total. The van der Waals surface area contributed by atoms with E-state index in [0.717, 1.165) is 0 Å². The minimum Gasteiger partial charge on any atom is -0.504 e. The first-order chi connectivity index (χ1) is 13.4. The van der Waals surface area contributed by atoms with Crippen molar-refractivity contribution in [3.05, 3.63) is 71.3 Å². The maximum absolute atomic E-state index is 10.3. The molecule has 0 radical (unpaired) electrons. The summed E-state index contributed by atoms with van der Waals surface area (Å²) in [7, 11) is 0. The molecular formula is C22H22O6. The highest BCUT2D eigenvalue weighted by atomic mass is 16.3. The van der Waals surface area contributed by atoms with Crippen LogP contribution in [0, 0.1) is 0 Å². The van der Waals surface area contributed by atoms with Gasteiger partial charge in [-0.05, 0) is 43.0 Å². The summed E-state index contributed by atoms with van der Waals surface area (Å²) in [5.41, 5.74) is 1.42. The molecule has 0 amide bonds. The fraction of sp³-hybridized carbons (Fsp3) is 0.182. The fourth-order valence-corrected chi connectivity index (χ4v) is 3.41. The second-order valence-corrected chi connectivity index (χ2v) is 6.66. The van der Waals surface area contributed by atoms with E-state index in [-0.39, 0.29) is 34.5 Å². The van der Waals surface area contributed by atoms with E-state index in [1.165, 1.54) is 18.2 Å². The normalized spacial score (nSPS) is 11.0. The molecule has 0 bridgehead atoms. The first-order valence-electron chi connectivity index (χ1n) is 8.91. The fourth-order valence-electron chi connectivity index (χ4n) is 3.41. The molecule has 6 heteroatoms. The van der Waals surface area contributed by atoms with Gasteiger partial charge in [0.1, 0.15) is 0 Å². The molecule has 0 saturated carbocycles. The number of para-hydroxylation sites is 3. The third-order valence-corrected chi connectivity index (χ3v) is 4.88. The van der Waals surface area contributed by atoms with Crippen molar-refractivity contribution in [3.63, 3.8) is 0 Å². The molecule has 146 valence electrons. The summed E-state index contributed by atoms with van der Waals surface area (Å²) in [5, 5.41) is 60.0. The van der Waals surface area contributed by atoms with Crippen molar-refractivity contribution < 1.29 is 30.6 Å². The molecule has 3 aromatic carbocycles. The van der Waals surface area contributed by atoms with E-state index in [2.05, 4.69) is 0 Å². The summed E-state index contributed by atoms with van der Waals surface area (Å²) in [5.74, 6) is -1.96. The summed E-state index contributed by atoms with van der Waals surface area (Å²) >= 11 is 0. The molecule has 0 unspecified atom stereocenters. The molecule has 0 aliphatic heterocycles. The average Bonchev–Trinajstić information content (AvgIpc) is 2.67. The van der Waals surface area contributed by atoms with Crippen LogP contribution in [-0.4, -0.2) is 30.6 Å². The number of aryl methyl sites for hydroxylation is 1. The van der Waals surface area contributed by atoms with Crippen LogP contribution in [0.3, 0.4) is 0 Å². The molecular weight excluding hydrogens is 360 g/mol. The van der Waals surface area contributed by atoms with Crippen molar-refractivity contribution in [2.75, 3.05) is 0 Å². The van der Waals surface area contributed by atoms with Gasteiger partial charge >= 0.3 is 0 Å². The van der Waals surface area contributed by atoms with Crippen LogP contribution in [0.25, 0.3) is 0 Å². The Kier molecular flexibility index (Phi) is 5.49. The number of hydrogen-bond donors (Lipinski definition) is 6. The quantitative estimate of drug-likeness (QED) is 0.357. The first-order valence-corrected chi connectivity index (χ1v) is 8.91. The van der Waals surface area contributed by atoms with Gasteiger partial charge in [0.2, 0.25) is 0 Å². The van der Waals surface area contributed by atoms with Crippen molar-refractivity contribution in [1.29, 1.82) is 0 Å². The summed E-state index contributed by atoms with van der Waals surface area (Å²) in [6.07, 6.45) is 1.45. The van der Waals surface area contributed by atoms with Crippen LogP contribution in [0.5, 0.6) is 34.5 Å². The minimum atomic E-state index is -0.501. The second kappa shape index (κ2) is 8.00. The molecule has 0 spiro atoms. The minimum absolute atomic E-state index is 0.167. The predicted octanol–water partition coefficient (Wildman–Crippen LogP) is 4.08. The Morgan fingerprint density at radius 1 is 0.571 bits per heavy atom. The molecule has 0 aliphatic carbocycles. The lowest BCUT2D eigenvalue weighted by Crippen LogP contribution is -2.03. The monoisotopic (exact) mass is 382 g/mol.